The molecule has 10 nitrogen and oxygen atoms in total. The average Bonchev–Trinajstić information content (AvgIpc) is 3.36. The van der Waals surface area contributed by atoms with Gasteiger partial charge in [0.2, 0.25) is 17.7 Å². The van der Waals surface area contributed by atoms with E-state index in [1.165, 1.54) is 17.5 Å². The molecule has 172 valence electrons. The minimum atomic E-state index is -0.876. The smallest absolute Gasteiger partial charge is 0.248 e. The third-order valence-corrected chi connectivity index (χ3v) is 5.25. The molecule has 1 unspecified atom stereocenters. The second-order valence-corrected chi connectivity index (χ2v) is 7.54. The second kappa shape index (κ2) is 9.49. The number of ketones is 2. The van der Waals surface area contributed by atoms with Gasteiger partial charge in [-0.1, -0.05) is 19.1 Å². The molecule has 2 heterocycles. The zero-order chi connectivity index (χ0) is 24.2. The minimum absolute atomic E-state index is 0.175. The van der Waals surface area contributed by atoms with E-state index in [4.69, 9.17) is 10.2 Å². The lowest BCUT2D eigenvalue weighted by Crippen LogP contribution is -2.33. The van der Waals surface area contributed by atoms with Gasteiger partial charge in [0.25, 0.3) is 0 Å². The van der Waals surface area contributed by atoms with Crippen LogP contribution >= 0.6 is 0 Å². The number of anilines is 4. The summed E-state index contributed by atoms with van der Waals surface area (Å²) in [7, 11) is 0. The maximum Gasteiger partial charge on any atom is 0.248 e. The third kappa shape index (κ3) is 4.46. The molecular weight excluding hydrogens is 436 g/mol. The summed E-state index contributed by atoms with van der Waals surface area (Å²) in [6.07, 6.45) is 9.42. The molecule has 0 saturated heterocycles. The van der Waals surface area contributed by atoms with Crippen LogP contribution in [0.1, 0.15) is 29.3 Å². The van der Waals surface area contributed by atoms with Gasteiger partial charge in [-0.2, -0.15) is 4.98 Å². The van der Waals surface area contributed by atoms with E-state index in [2.05, 4.69) is 20.3 Å². The van der Waals surface area contributed by atoms with Crippen molar-refractivity contribution in [2.24, 2.45) is 11.7 Å². The van der Waals surface area contributed by atoms with Crippen molar-refractivity contribution in [2.45, 2.75) is 20.3 Å². The van der Waals surface area contributed by atoms with Crippen molar-refractivity contribution in [1.29, 1.82) is 0 Å². The van der Waals surface area contributed by atoms with Crippen LogP contribution in [0.4, 0.5) is 23.3 Å². The summed E-state index contributed by atoms with van der Waals surface area (Å²) >= 11 is 0. The fourth-order valence-corrected chi connectivity index (χ4v) is 3.47. The molecule has 0 bridgehead atoms. The Morgan fingerprint density at radius 1 is 1.21 bits per heavy atom. The van der Waals surface area contributed by atoms with E-state index in [1.807, 2.05) is 0 Å². The summed E-state index contributed by atoms with van der Waals surface area (Å²) in [6, 6.07) is 6.53. The normalized spacial score (nSPS) is 15.1. The van der Waals surface area contributed by atoms with Gasteiger partial charge in [-0.05, 0) is 37.3 Å². The van der Waals surface area contributed by atoms with E-state index in [9.17, 15) is 14.4 Å². The quantitative estimate of drug-likeness (QED) is 0.485. The van der Waals surface area contributed by atoms with Crippen molar-refractivity contribution in [2.75, 3.05) is 10.2 Å². The molecule has 4 rings (SSSR count). The minimum Gasteiger partial charge on any atom is -0.427 e. The van der Waals surface area contributed by atoms with Crippen molar-refractivity contribution in [3.05, 3.63) is 78.1 Å². The highest BCUT2D eigenvalue weighted by molar-refractivity contribution is 6.15. The number of benzene rings is 1. The highest BCUT2D eigenvalue weighted by Crippen LogP contribution is 2.34. The Morgan fingerprint density at radius 3 is 2.62 bits per heavy atom. The van der Waals surface area contributed by atoms with Crippen molar-refractivity contribution in [3.63, 3.8) is 0 Å². The van der Waals surface area contributed by atoms with E-state index in [0.717, 1.165) is 0 Å². The number of Topliss-reactive ketones (excluding diaryl/α,β-unsaturated/α-hetero) is 2. The second-order valence-electron chi connectivity index (χ2n) is 7.54. The lowest BCUT2D eigenvalue weighted by Gasteiger charge is -2.27. The molecule has 3 aromatic rings. The molecule has 0 aliphatic heterocycles. The number of nitrogens with one attached hydrogen (secondary N) is 1. The van der Waals surface area contributed by atoms with E-state index < -0.39 is 11.8 Å². The Labute approximate surface area is 195 Å². The van der Waals surface area contributed by atoms with Crippen molar-refractivity contribution >= 4 is 40.8 Å². The highest BCUT2D eigenvalue weighted by atomic mass is 16.4. The monoisotopic (exact) mass is 458 g/mol. The number of nitrogens with two attached hydrogens (primary N) is 1. The molecule has 10 heteroatoms. The number of allylic oxidation sites excluding steroid dienone is 4. The van der Waals surface area contributed by atoms with Crippen LogP contribution < -0.4 is 16.0 Å². The molecule has 1 aliphatic carbocycles. The number of carbonyl (C=O) groups is 3. The standard InChI is InChI=1S/C24H22N6O4/c1-3-19(31)17-5-4-6-18(21(17)32)30(20-12-26-13-34-20)23-14(2)11-27-24(29-23)28-16-9-7-15(8-10-16)22(25)33/h4-13,17H,3H2,1-2H3,(H2,25,33)(H,27,28,29). The van der Waals surface area contributed by atoms with Gasteiger partial charge in [-0.25, -0.2) is 9.97 Å². The molecule has 1 atom stereocenters. The maximum atomic E-state index is 13.3. The van der Waals surface area contributed by atoms with Crippen LogP contribution in [0.2, 0.25) is 0 Å². The third-order valence-electron chi connectivity index (χ3n) is 5.25. The molecule has 2 aromatic heterocycles. The number of hydrogen-bond acceptors (Lipinski definition) is 9. The Morgan fingerprint density at radius 2 is 1.97 bits per heavy atom. The molecule has 34 heavy (non-hydrogen) atoms. The number of nitrogens with zero attached hydrogens (tertiary/aromatic N) is 4. The SMILES string of the molecule is CCC(=O)C1C=CC=C(N(c2cnco2)c2nc(Nc3ccc(C(N)=O)cc3)ncc2C)C1=O. The molecular formula is C24H22N6O4. The lowest BCUT2D eigenvalue weighted by molar-refractivity contribution is -0.128. The predicted molar refractivity (Wildman–Crippen MR) is 125 cm³/mol. The van der Waals surface area contributed by atoms with Gasteiger partial charge < -0.3 is 15.5 Å². The van der Waals surface area contributed by atoms with E-state index in [0.29, 0.717) is 22.6 Å². The number of rotatable bonds is 8. The van der Waals surface area contributed by atoms with Gasteiger partial charge in [0, 0.05) is 29.4 Å². The lowest BCUT2D eigenvalue weighted by atomic mass is 9.90. The van der Waals surface area contributed by atoms with Crippen molar-refractivity contribution in [1.82, 2.24) is 15.0 Å². The molecule has 1 aromatic carbocycles. The number of aromatic nitrogens is 3. The number of primary amides is 1. The fourth-order valence-electron chi connectivity index (χ4n) is 3.47. The maximum absolute atomic E-state index is 13.3. The van der Waals surface area contributed by atoms with Gasteiger partial charge in [-0.15, -0.1) is 0 Å². The van der Waals surface area contributed by atoms with Crippen molar-refractivity contribution < 1.29 is 18.8 Å². The topological polar surface area (TPSA) is 144 Å². The number of amides is 1. The van der Waals surface area contributed by atoms with Crippen LogP contribution in [0, 0.1) is 12.8 Å². The molecule has 1 amide bonds. The number of oxazole rings is 1. The average molecular weight is 458 g/mol. The molecule has 0 radical (unpaired) electrons. The molecule has 3 N–H and O–H groups in total. The Hall–Kier alpha value is -4.60. The van der Waals surface area contributed by atoms with Gasteiger partial charge >= 0.3 is 0 Å². The molecule has 0 saturated carbocycles. The summed E-state index contributed by atoms with van der Waals surface area (Å²) in [5.74, 6) is -1.05. The zero-order valence-corrected chi connectivity index (χ0v) is 18.6. The van der Waals surface area contributed by atoms with E-state index >= 15 is 0 Å². The number of hydrogen-bond donors (Lipinski definition) is 2. The summed E-state index contributed by atoms with van der Waals surface area (Å²) in [4.78, 5) is 51.3. The van der Waals surface area contributed by atoms with Crippen LogP contribution in [-0.4, -0.2) is 32.4 Å². The summed E-state index contributed by atoms with van der Waals surface area (Å²) in [6.45, 7) is 3.51. The summed E-state index contributed by atoms with van der Waals surface area (Å²) in [5, 5.41) is 3.07. The van der Waals surface area contributed by atoms with Crippen molar-refractivity contribution in [3.8, 4) is 0 Å². The van der Waals surface area contributed by atoms with Gasteiger partial charge in [0.1, 0.15) is 17.5 Å². The predicted octanol–water partition coefficient (Wildman–Crippen LogP) is 3.37. The first-order valence-corrected chi connectivity index (χ1v) is 10.5. The van der Waals surface area contributed by atoms with Gasteiger partial charge in [-0.3, -0.25) is 19.3 Å². The van der Waals surface area contributed by atoms with Crippen LogP contribution in [0.3, 0.4) is 0 Å². The molecule has 0 fully saturated rings. The fraction of sp³-hybridized carbons (Fsp3) is 0.167. The summed E-state index contributed by atoms with van der Waals surface area (Å²) < 4.78 is 5.51. The Kier molecular flexibility index (Phi) is 6.30. The van der Waals surface area contributed by atoms with E-state index in [-0.39, 0.29) is 35.5 Å². The molecule has 0 spiro atoms. The highest BCUT2D eigenvalue weighted by Gasteiger charge is 2.34. The first-order chi connectivity index (χ1) is 16.4. The van der Waals surface area contributed by atoms with Crippen LogP contribution in [0.25, 0.3) is 0 Å². The van der Waals surface area contributed by atoms with Crippen LogP contribution in [0.15, 0.2) is 71.4 Å². The number of carbonyl (C=O) groups excluding carboxylic acids is 3. The Bertz CT molecular complexity index is 1300. The largest absolute Gasteiger partial charge is 0.427 e. The Balaban J connectivity index is 1.72. The van der Waals surface area contributed by atoms with Gasteiger partial charge in [0.05, 0.1) is 11.9 Å². The van der Waals surface area contributed by atoms with Gasteiger partial charge in [0.15, 0.2) is 12.2 Å². The van der Waals surface area contributed by atoms with E-state index in [1.54, 1.807) is 62.5 Å². The first kappa shape index (κ1) is 22.6. The zero-order valence-electron chi connectivity index (χ0n) is 18.6. The summed E-state index contributed by atoms with van der Waals surface area (Å²) in [5.41, 5.74) is 7.19. The van der Waals surface area contributed by atoms with Crippen LogP contribution in [-0.2, 0) is 9.59 Å². The first-order valence-electron chi connectivity index (χ1n) is 10.5. The number of aryl methyl sites for hydroxylation is 1. The van der Waals surface area contributed by atoms with Crippen LogP contribution in [0.5, 0.6) is 0 Å². The molecule has 1 aliphatic rings.